The van der Waals surface area contributed by atoms with E-state index >= 15 is 0 Å². The normalized spacial score (nSPS) is 11.8. The van der Waals surface area contributed by atoms with Crippen molar-refractivity contribution in [2.24, 2.45) is 4.99 Å². The number of rotatable bonds is 3. The summed E-state index contributed by atoms with van der Waals surface area (Å²) in [5.41, 5.74) is 4.32. The lowest BCUT2D eigenvalue weighted by molar-refractivity contribution is 0.618. The summed E-state index contributed by atoms with van der Waals surface area (Å²) in [6.45, 7) is 2.74. The first-order valence-electron chi connectivity index (χ1n) is 8.44. The van der Waals surface area contributed by atoms with Gasteiger partial charge in [0.2, 0.25) is 0 Å². The highest BCUT2D eigenvalue weighted by Crippen LogP contribution is 2.22. The Balaban J connectivity index is 1.89. The van der Waals surface area contributed by atoms with Crippen LogP contribution in [0.15, 0.2) is 94.3 Å². The first kappa shape index (κ1) is 15.4. The average molecular weight is 325 g/mol. The van der Waals surface area contributed by atoms with Gasteiger partial charge in [-0.1, -0.05) is 72.3 Å². The third kappa shape index (κ3) is 3.38. The van der Waals surface area contributed by atoms with E-state index < -0.39 is 0 Å². The maximum absolute atomic E-state index is 6.14. The molecule has 0 unspecified atom stereocenters. The minimum Gasteiger partial charge on any atom is -0.456 e. The van der Waals surface area contributed by atoms with Crippen LogP contribution in [0.25, 0.3) is 22.3 Å². The number of hydrogen-bond acceptors (Lipinski definition) is 2. The second kappa shape index (κ2) is 6.78. The zero-order chi connectivity index (χ0) is 17.1. The highest BCUT2D eigenvalue weighted by molar-refractivity contribution is 5.79. The first-order chi connectivity index (χ1) is 12.3. The van der Waals surface area contributed by atoms with E-state index in [1.807, 2.05) is 48.5 Å². The van der Waals surface area contributed by atoms with E-state index in [0.29, 0.717) is 6.54 Å². The van der Waals surface area contributed by atoms with Crippen molar-refractivity contribution < 1.29 is 4.42 Å². The van der Waals surface area contributed by atoms with Gasteiger partial charge in [-0.05, 0) is 24.6 Å². The molecule has 0 amide bonds. The molecule has 122 valence electrons. The minimum absolute atomic E-state index is 0.655. The van der Waals surface area contributed by atoms with Gasteiger partial charge < -0.3 is 4.42 Å². The van der Waals surface area contributed by atoms with E-state index in [2.05, 4.69) is 43.3 Å². The van der Waals surface area contributed by atoms with Gasteiger partial charge in [0.15, 0.2) is 0 Å². The smallest absolute Gasteiger partial charge is 0.136 e. The second-order valence-corrected chi connectivity index (χ2v) is 6.16. The minimum atomic E-state index is 0.655. The molecule has 1 aromatic heterocycles. The SMILES string of the molecule is Cc1ccc2oc(-c3ccccc3)cc(=NCc3ccccc3)c2c1. The average Bonchev–Trinajstić information content (AvgIpc) is 2.67. The van der Waals surface area contributed by atoms with Crippen molar-refractivity contribution in [1.29, 1.82) is 0 Å². The Labute approximate surface area is 147 Å². The predicted molar refractivity (Wildman–Crippen MR) is 102 cm³/mol. The molecular weight excluding hydrogens is 306 g/mol. The van der Waals surface area contributed by atoms with Gasteiger partial charge in [0.05, 0.1) is 11.9 Å². The summed E-state index contributed by atoms with van der Waals surface area (Å²) < 4.78 is 6.14. The van der Waals surface area contributed by atoms with E-state index in [1.165, 1.54) is 11.1 Å². The molecular formula is C23H19NO. The van der Waals surface area contributed by atoms with Crippen molar-refractivity contribution in [2.75, 3.05) is 0 Å². The molecule has 0 aliphatic carbocycles. The molecule has 0 saturated heterocycles. The molecule has 2 heteroatoms. The lowest BCUT2D eigenvalue weighted by atomic mass is 10.1. The van der Waals surface area contributed by atoms with Crippen LogP contribution in [0.1, 0.15) is 11.1 Å². The lowest BCUT2D eigenvalue weighted by Gasteiger charge is -2.06. The number of fused-ring (bicyclic) bond motifs is 1. The summed E-state index contributed by atoms with van der Waals surface area (Å²) in [6, 6.07) is 28.7. The monoisotopic (exact) mass is 325 g/mol. The fourth-order valence-electron chi connectivity index (χ4n) is 2.92. The fourth-order valence-corrected chi connectivity index (χ4v) is 2.92. The summed E-state index contributed by atoms with van der Waals surface area (Å²) in [7, 11) is 0. The molecule has 0 saturated carbocycles. The number of hydrogen-bond donors (Lipinski definition) is 0. The van der Waals surface area contributed by atoms with Crippen LogP contribution in [0, 0.1) is 6.92 Å². The summed E-state index contributed by atoms with van der Waals surface area (Å²) in [6.07, 6.45) is 0. The maximum Gasteiger partial charge on any atom is 0.136 e. The highest BCUT2D eigenvalue weighted by atomic mass is 16.3. The standard InChI is InChI=1S/C23H19NO/c1-17-12-13-22-20(14-17)21(24-16-18-8-4-2-5-9-18)15-23(25-22)19-10-6-3-7-11-19/h2-15H,16H2,1H3. The number of aryl methyl sites for hydroxylation is 1. The third-order valence-electron chi connectivity index (χ3n) is 4.23. The topological polar surface area (TPSA) is 25.5 Å². The lowest BCUT2D eigenvalue weighted by Crippen LogP contribution is -2.05. The summed E-state index contributed by atoms with van der Waals surface area (Å²) in [5.74, 6) is 0.837. The van der Waals surface area contributed by atoms with Crippen LogP contribution in [0.4, 0.5) is 0 Å². The largest absolute Gasteiger partial charge is 0.456 e. The molecule has 25 heavy (non-hydrogen) atoms. The van der Waals surface area contributed by atoms with Gasteiger partial charge in [-0.2, -0.15) is 0 Å². The molecule has 0 radical (unpaired) electrons. The van der Waals surface area contributed by atoms with Crippen molar-refractivity contribution in [3.8, 4) is 11.3 Å². The predicted octanol–water partition coefficient (Wildman–Crippen LogP) is 5.51. The molecule has 0 spiro atoms. The molecule has 0 N–H and O–H groups in total. The van der Waals surface area contributed by atoms with E-state index in [1.54, 1.807) is 0 Å². The molecule has 0 aliphatic rings. The summed E-state index contributed by atoms with van der Waals surface area (Å²) in [5, 5.41) is 2.02. The number of benzene rings is 3. The quantitative estimate of drug-likeness (QED) is 0.487. The van der Waals surface area contributed by atoms with Crippen molar-refractivity contribution in [2.45, 2.75) is 13.5 Å². The second-order valence-electron chi connectivity index (χ2n) is 6.16. The van der Waals surface area contributed by atoms with E-state index in [0.717, 1.165) is 27.7 Å². The Morgan fingerprint density at radius 2 is 1.52 bits per heavy atom. The van der Waals surface area contributed by atoms with E-state index in [4.69, 9.17) is 9.41 Å². The van der Waals surface area contributed by atoms with Crippen molar-refractivity contribution in [3.63, 3.8) is 0 Å². The summed E-state index contributed by atoms with van der Waals surface area (Å²) >= 11 is 0. The Kier molecular flexibility index (Phi) is 4.17. The molecule has 0 bridgehead atoms. The first-order valence-corrected chi connectivity index (χ1v) is 8.44. The Bertz CT molecular complexity index is 1060. The van der Waals surface area contributed by atoms with Gasteiger partial charge in [0.25, 0.3) is 0 Å². The molecule has 4 rings (SSSR count). The Hall–Kier alpha value is -3.13. The fraction of sp³-hybridized carbons (Fsp3) is 0.0870. The third-order valence-corrected chi connectivity index (χ3v) is 4.23. The van der Waals surface area contributed by atoms with Gasteiger partial charge >= 0.3 is 0 Å². The van der Waals surface area contributed by atoms with Gasteiger partial charge in [-0.3, -0.25) is 4.99 Å². The van der Waals surface area contributed by atoms with Crippen LogP contribution in [0.3, 0.4) is 0 Å². The maximum atomic E-state index is 6.14. The van der Waals surface area contributed by atoms with Gasteiger partial charge in [-0.25, -0.2) is 0 Å². The van der Waals surface area contributed by atoms with Crippen molar-refractivity contribution >= 4 is 11.0 Å². The molecule has 0 atom stereocenters. The van der Waals surface area contributed by atoms with Crippen LogP contribution in [-0.4, -0.2) is 0 Å². The number of nitrogens with zero attached hydrogens (tertiary/aromatic N) is 1. The van der Waals surface area contributed by atoms with Gasteiger partial charge in [-0.15, -0.1) is 0 Å². The van der Waals surface area contributed by atoms with Crippen LogP contribution >= 0.6 is 0 Å². The zero-order valence-corrected chi connectivity index (χ0v) is 14.1. The Morgan fingerprint density at radius 3 is 2.28 bits per heavy atom. The van der Waals surface area contributed by atoms with Gasteiger partial charge in [0, 0.05) is 17.0 Å². The highest BCUT2D eigenvalue weighted by Gasteiger charge is 2.06. The Morgan fingerprint density at radius 1 is 0.800 bits per heavy atom. The van der Waals surface area contributed by atoms with Crippen LogP contribution in [0.2, 0.25) is 0 Å². The molecule has 2 nitrogen and oxygen atoms in total. The molecule has 0 fully saturated rings. The molecule has 4 aromatic rings. The van der Waals surface area contributed by atoms with Crippen LogP contribution < -0.4 is 5.36 Å². The van der Waals surface area contributed by atoms with Gasteiger partial charge in [0.1, 0.15) is 11.3 Å². The van der Waals surface area contributed by atoms with Crippen LogP contribution in [-0.2, 0) is 6.54 Å². The van der Waals surface area contributed by atoms with E-state index in [9.17, 15) is 0 Å². The van der Waals surface area contributed by atoms with E-state index in [-0.39, 0.29) is 0 Å². The molecule has 1 heterocycles. The molecule has 3 aromatic carbocycles. The summed E-state index contributed by atoms with van der Waals surface area (Å²) in [4.78, 5) is 4.87. The zero-order valence-electron chi connectivity index (χ0n) is 14.1. The van der Waals surface area contributed by atoms with Crippen LogP contribution in [0.5, 0.6) is 0 Å². The van der Waals surface area contributed by atoms with Crippen molar-refractivity contribution in [3.05, 3.63) is 101 Å². The molecule has 0 aliphatic heterocycles. The van der Waals surface area contributed by atoms with Crippen molar-refractivity contribution in [1.82, 2.24) is 0 Å².